The van der Waals surface area contributed by atoms with Crippen molar-refractivity contribution >= 4 is 32.2 Å². The summed E-state index contributed by atoms with van der Waals surface area (Å²) in [5.74, 6) is 0.126. The van der Waals surface area contributed by atoms with Gasteiger partial charge in [0.25, 0.3) is 0 Å². The highest BCUT2D eigenvalue weighted by Crippen LogP contribution is 2.34. The SMILES string of the molecule is CC1=CC=C(C)C(c2cnc3c(c2)C(c2nc4c(-c5cc(F)cc(CNS(C)(=O)=O)c5)nccc4[nH]2)=CNC3)=CN1. The van der Waals surface area contributed by atoms with Gasteiger partial charge in [-0.3, -0.25) is 9.97 Å². The van der Waals surface area contributed by atoms with Crippen LogP contribution in [0.2, 0.25) is 0 Å². The van der Waals surface area contributed by atoms with Crippen LogP contribution < -0.4 is 15.4 Å². The molecule has 0 spiro atoms. The molecule has 11 heteroatoms. The van der Waals surface area contributed by atoms with E-state index in [0.717, 1.165) is 51.0 Å². The lowest BCUT2D eigenvalue weighted by Crippen LogP contribution is -2.21. The van der Waals surface area contributed by atoms with E-state index >= 15 is 0 Å². The largest absolute Gasteiger partial charge is 0.385 e. The number of hydrogen-bond donors (Lipinski definition) is 4. The second kappa shape index (κ2) is 10.4. The molecule has 0 unspecified atom stereocenters. The van der Waals surface area contributed by atoms with Crippen LogP contribution in [0.25, 0.3) is 33.4 Å². The van der Waals surface area contributed by atoms with Crippen LogP contribution in [0.4, 0.5) is 4.39 Å². The molecule has 9 nitrogen and oxygen atoms in total. The molecule has 0 saturated heterocycles. The highest BCUT2D eigenvalue weighted by molar-refractivity contribution is 7.88. The van der Waals surface area contributed by atoms with E-state index in [1.807, 2.05) is 37.7 Å². The molecular weight excluding hydrogens is 541 g/mol. The second-order valence-electron chi connectivity index (χ2n) is 10.1. The number of rotatable bonds is 6. The number of aromatic nitrogens is 4. The molecule has 4 N–H and O–H groups in total. The third kappa shape index (κ3) is 5.54. The van der Waals surface area contributed by atoms with Gasteiger partial charge in [0.05, 0.1) is 29.7 Å². The van der Waals surface area contributed by atoms with Gasteiger partial charge in [-0.15, -0.1) is 0 Å². The van der Waals surface area contributed by atoms with E-state index in [4.69, 9.17) is 9.97 Å². The number of pyridine rings is 2. The molecule has 3 aromatic heterocycles. The van der Waals surface area contributed by atoms with Crippen molar-refractivity contribution in [3.05, 3.63) is 113 Å². The van der Waals surface area contributed by atoms with E-state index < -0.39 is 15.8 Å². The number of hydrogen-bond acceptors (Lipinski definition) is 7. The van der Waals surface area contributed by atoms with Gasteiger partial charge in [-0.1, -0.05) is 6.08 Å². The summed E-state index contributed by atoms with van der Waals surface area (Å²) in [6.45, 7) is 4.64. The molecular formula is C30H28FN7O2S. The number of H-pyrrole nitrogens is 1. The van der Waals surface area contributed by atoms with Crippen LogP contribution in [0.15, 0.2) is 78.5 Å². The molecule has 0 amide bonds. The first-order chi connectivity index (χ1) is 19.6. The lowest BCUT2D eigenvalue weighted by Gasteiger charge is -2.19. The van der Waals surface area contributed by atoms with Crippen molar-refractivity contribution in [1.29, 1.82) is 0 Å². The van der Waals surface area contributed by atoms with Crippen molar-refractivity contribution in [3.8, 4) is 11.3 Å². The monoisotopic (exact) mass is 569 g/mol. The quantitative estimate of drug-likeness (QED) is 0.270. The predicted octanol–water partition coefficient (Wildman–Crippen LogP) is 4.49. The molecule has 208 valence electrons. The van der Waals surface area contributed by atoms with Crippen molar-refractivity contribution in [1.82, 2.24) is 35.3 Å². The van der Waals surface area contributed by atoms with Gasteiger partial charge in [0.2, 0.25) is 10.0 Å². The number of halogens is 1. The first-order valence-corrected chi connectivity index (χ1v) is 14.9. The zero-order valence-electron chi connectivity index (χ0n) is 22.7. The first kappa shape index (κ1) is 26.6. The fourth-order valence-electron chi connectivity index (χ4n) is 4.91. The average molecular weight is 570 g/mol. The molecule has 0 radical (unpaired) electrons. The van der Waals surface area contributed by atoms with Crippen LogP contribution in [0, 0.1) is 5.82 Å². The maximum atomic E-state index is 14.6. The molecule has 0 bridgehead atoms. The average Bonchev–Trinajstić information content (AvgIpc) is 3.30. The molecule has 4 aromatic rings. The van der Waals surface area contributed by atoms with E-state index in [2.05, 4.69) is 44.4 Å². The number of aromatic amines is 1. The van der Waals surface area contributed by atoms with Gasteiger partial charge in [0.1, 0.15) is 17.2 Å². The topological polar surface area (TPSA) is 125 Å². The van der Waals surface area contributed by atoms with Gasteiger partial charge in [0, 0.05) is 64.9 Å². The minimum Gasteiger partial charge on any atom is -0.385 e. The van der Waals surface area contributed by atoms with Gasteiger partial charge in [0.15, 0.2) is 0 Å². The maximum absolute atomic E-state index is 14.6. The van der Waals surface area contributed by atoms with Gasteiger partial charge >= 0.3 is 0 Å². The zero-order valence-corrected chi connectivity index (χ0v) is 23.5. The Kier molecular flexibility index (Phi) is 6.76. The predicted molar refractivity (Wildman–Crippen MR) is 158 cm³/mol. The Hall–Kier alpha value is -4.61. The summed E-state index contributed by atoms with van der Waals surface area (Å²) < 4.78 is 40.1. The fourth-order valence-corrected chi connectivity index (χ4v) is 5.34. The number of allylic oxidation sites excluding steroid dienone is 5. The normalized spacial score (nSPS) is 15.1. The molecule has 2 aliphatic heterocycles. The van der Waals surface area contributed by atoms with Crippen LogP contribution in [0.1, 0.15) is 42.1 Å². The number of benzene rings is 1. The van der Waals surface area contributed by atoms with E-state index in [1.165, 1.54) is 12.1 Å². The first-order valence-electron chi connectivity index (χ1n) is 13.0. The minimum atomic E-state index is -3.43. The summed E-state index contributed by atoms with van der Waals surface area (Å²) in [5, 5.41) is 6.61. The number of fused-ring (bicyclic) bond motifs is 2. The Bertz CT molecular complexity index is 1940. The highest BCUT2D eigenvalue weighted by atomic mass is 32.2. The smallest absolute Gasteiger partial charge is 0.209 e. The molecule has 1 aromatic carbocycles. The molecule has 6 rings (SSSR count). The van der Waals surface area contributed by atoms with Gasteiger partial charge in [-0.05, 0) is 61.4 Å². The van der Waals surface area contributed by atoms with Crippen LogP contribution in [0.3, 0.4) is 0 Å². The van der Waals surface area contributed by atoms with Crippen LogP contribution in [0.5, 0.6) is 0 Å². The Morgan fingerprint density at radius 3 is 2.71 bits per heavy atom. The molecule has 0 atom stereocenters. The Labute approximate surface area is 237 Å². The van der Waals surface area contributed by atoms with Crippen molar-refractivity contribution in [3.63, 3.8) is 0 Å². The van der Waals surface area contributed by atoms with E-state index in [0.29, 0.717) is 34.7 Å². The molecule has 2 aliphatic rings. The Morgan fingerprint density at radius 1 is 1.02 bits per heavy atom. The van der Waals surface area contributed by atoms with Crippen molar-refractivity contribution in [2.24, 2.45) is 0 Å². The van der Waals surface area contributed by atoms with Gasteiger partial charge < -0.3 is 15.6 Å². The molecule has 0 fully saturated rings. The van der Waals surface area contributed by atoms with Gasteiger partial charge in [-0.25, -0.2) is 22.5 Å². The Balaban J connectivity index is 1.40. The number of nitrogens with one attached hydrogen (secondary N) is 4. The maximum Gasteiger partial charge on any atom is 0.209 e. The third-order valence-electron chi connectivity index (χ3n) is 6.97. The minimum absolute atomic E-state index is 0.0354. The summed E-state index contributed by atoms with van der Waals surface area (Å²) in [6, 6.07) is 8.32. The van der Waals surface area contributed by atoms with E-state index in [1.54, 1.807) is 12.3 Å². The van der Waals surface area contributed by atoms with Crippen LogP contribution >= 0.6 is 0 Å². The van der Waals surface area contributed by atoms with Crippen molar-refractivity contribution in [2.75, 3.05) is 6.26 Å². The summed E-state index contributed by atoms with van der Waals surface area (Å²) in [5.41, 5.74) is 9.67. The van der Waals surface area contributed by atoms with E-state index in [-0.39, 0.29) is 6.54 Å². The summed E-state index contributed by atoms with van der Waals surface area (Å²) in [4.78, 5) is 17.6. The zero-order chi connectivity index (χ0) is 28.7. The van der Waals surface area contributed by atoms with Crippen molar-refractivity contribution in [2.45, 2.75) is 26.9 Å². The Morgan fingerprint density at radius 2 is 1.88 bits per heavy atom. The lowest BCUT2D eigenvalue weighted by molar-refractivity contribution is 0.586. The molecule has 41 heavy (non-hydrogen) atoms. The van der Waals surface area contributed by atoms with Gasteiger partial charge in [-0.2, -0.15) is 0 Å². The molecule has 5 heterocycles. The number of nitrogens with zero attached hydrogens (tertiary/aromatic N) is 3. The third-order valence-corrected chi connectivity index (χ3v) is 7.63. The molecule has 0 saturated carbocycles. The lowest BCUT2D eigenvalue weighted by atomic mass is 9.95. The summed E-state index contributed by atoms with van der Waals surface area (Å²) in [7, 11) is -3.43. The van der Waals surface area contributed by atoms with Crippen LogP contribution in [-0.4, -0.2) is 34.6 Å². The van der Waals surface area contributed by atoms with Crippen molar-refractivity contribution < 1.29 is 12.8 Å². The number of sulfonamides is 1. The summed E-state index contributed by atoms with van der Waals surface area (Å²) >= 11 is 0. The van der Waals surface area contributed by atoms with E-state index in [9.17, 15) is 12.8 Å². The fraction of sp³-hybridized carbons (Fsp3) is 0.167. The second-order valence-corrected chi connectivity index (χ2v) is 12.0. The molecule has 0 aliphatic carbocycles. The number of imidazole rings is 1. The summed E-state index contributed by atoms with van der Waals surface area (Å²) in [6.07, 6.45) is 12.6. The van der Waals surface area contributed by atoms with Crippen LogP contribution in [-0.2, 0) is 23.1 Å². The highest BCUT2D eigenvalue weighted by Gasteiger charge is 2.22. The standard InChI is InChI=1S/C30H28FN7O2S/c1-17-4-5-18(2)34-15-24(17)21-11-23-25(14-32-16-27(23)35-13-21)30-37-26-6-7-33-28(29(26)38-30)20-8-19(9-22(31)10-20)12-36-41(3,39)40/h4-11,13-15,32,34,36H,12,16H2,1-3H3,(H,37,38).